The highest BCUT2D eigenvalue weighted by Crippen LogP contribution is 2.25. The molecule has 1 aromatic heterocycles. The molecule has 0 saturated heterocycles. The van der Waals surface area contributed by atoms with Gasteiger partial charge >= 0.3 is 0 Å². The molecule has 1 unspecified atom stereocenters. The first kappa shape index (κ1) is 10.8. The van der Waals surface area contributed by atoms with Crippen LogP contribution >= 0.6 is 0 Å². The molecule has 2 rings (SSSR count). The molecule has 0 radical (unpaired) electrons. The molecule has 0 saturated carbocycles. The van der Waals surface area contributed by atoms with Gasteiger partial charge in [-0.2, -0.15) is 5.10 Å². The van der Waals surface area contributed by atoms with Crippen LogP contribution in [0.5, 0.6) is 0 Å². The second kappa shape index (κ2) is 4.06. The molecule has 0 amide bonds. The van der Waals surface area contributed by atoms with Gasteiger partial charge in [0.05, 0.1) is 11.4 Å². The first-order valence-corrected chi connectivity index (χ1v) is 5.16. The zero-order chi connectivity index (χ0) is 11.7. The minimum absolute atomic E-state index is 0.0818. The van der Waals surface area contributed by atoms with E-state index in [1.54, 1.807) is 12.1 Å². The van der Waals surface area contributed by atoms with E-state index in [9.17, 15) is 4.39 Å². The second-order valence-corrected chi connectivity index (χ2v) is 3.91. The van der Waals surface area contributed by atoms with E-state index in [1.807, 2.05) is 13.8 Å². The Balaban J connectivity index is 2.45. The van der Waals surface area contributed by atoms with Crippen LogP contribution in [0.3, 0.4) is 0 Å². The summed E-state index contributed by atoms with van der Waals surface area (Å²) in [5, 5.41) is 7.13. The molecule has 0 fully saturated rings. The molecule has 0 bridgehead atoms. The van der Waals surface area contributed by atoms with Crippen LogP contribution in [0.25, 0.3) is 11.3 Å². The van der Waals surface area contributed by atoms with Crippen molar-refractivity contribution >= 4 is 0 Å². The Morgan fingerprint density at radius 2 is 1.94 bits per heavy atom. The predicted molar refractivity (Wildman–Crippen MR) is 61.3 cm³/mol. The quantitative estimate of drug-likeness (QED) is 0.815. The third kappa shape index (κ3) is 1.84. The van der Waals surface area contributed by atoms with Gasteiger partial charge < -0.3 is 5.73 Å². The number of benzene rings is 1. The number of H-pyrrole nitrogens is 1. The number of nitrogens with one attached hydrogen (secondary N) is 1. The molecule has 1 atom stereocenters. The lowest BCUT2D eigenvalue weighted by Crippen LogP contribution is -2.06. The fraction of sp³-hybridized carbons (Fsp3) is 0.250. The molecule has 84 valence electrons. The lowest BCUT2D eigenvalue weighted by molar-refractivity contribution is 0.628. The Kier molecular flexibility index (Phi) is 2.75. The molecule has 3 N–H and O–H groups in total. The Morgan fingerprint density at radius 1 is 1.31 bits per heavy atom. The smallest absolute Gasteiger partial charge is 0.123 e. The van der Waals surface area contributed by atoms with Crippen molar-refractivity contribution in [1.29, 1.82) is 0 Å². The summed E-state index contributed by atoms with van der Waals surface area (Å²) < 4.78 is 12.8. The third-order valence-electron chi connectivity index (χ3n) is 2.62. The van der Waals surface area contributed by atoms with Crippen LogP contribution in [-0.2, 0) is 0 Å². The molecule has 3 nitrogen and oxygen atoms in total. The van der Waals surface area contributed by atoms with E-state index >= 15 is 0 Å². The normalized spacial score (nSPS) is 12.8. The molecule has 0 aliphatic rings. The first-order chi connectivity index (χ1) is 7.59. The van der Waals surface area contributed by atoms with E-state index in [1.165, 1.54) is 12.1 Å². The number of aromatic amines is 1. The highest BCUT2D eigenvalue weighted by atomic mass is 19.1. The van der Waals surface area contributed by atoms with Gasteiger partial charge in [-0.3, -0.25) is 5.10 Å². The molecular weight excluding hydrogens is 205 g/mol. The van der Waals surface area contributed by atoms with Crippen molar-refractivity contribution < 1.29 is 4.39 Å². The van der Waals surface area contributed by atoms with Crippen LogP contribution in [0.1, 0.15) is 24.2 Å². The SMILES string of the molecule is Cc1c(-c2ccc(F)cc2)n[nH]c1C(C)N. The number of aromatic nitrogens is 2. The van der Waals surface area contributed by atoms with Crippen molar-refractivity contribution in [3.63, 3.8) is 0 Å². The van der Waals surface area contributed by atoms with E-state index in [2.05, 4.69) is 10.2 Å². The van der Waals surface area contributed by atoms with Gasteiger partial charge in [0, 0.05) is 11.6 Å². The van der Waals surface area contributed by atoms with Crippen LogP contribution < -0.4 is 5.73 Å². The minimum atomic E-state index is -0.246. The third-order valence-corrected chi connectivity index (χ3v) is 2.62. The minimum Gasteiger partial charge on any atom is -0.323 e. The van der Waals surface area contributed by atoms with E-state index in [0.29, 0.717) is 0 Å². The summed E-state index contributed by atoms with van der Waals surface area (Å²) in [6, 6.07) is 6.19. The van der Waals surface area contributed by atoms with Gasteiger partial charge in [0.15, 0.2) is 0 Å². The largest absolute Gasteiger partial charge is 0.323 e. The summed E-state index contributed by atoms with van der Waals surface area (Å²) in [5.74, 6) is -0.246. The summed E-state index contributed by atoms with van der Waals surface area (Å²) >= 11 is 0. The highest BCUT2D eigenvalue weighted by molar-refractivity contribution is 5.63. The molecule has 1 heterocycles. The van der Waals surface area contributed by atoms with Gasteiger partial charge in [0.25, 0.3) is 0 Å². The maximum atomic E-state index is 12.8. The molecular formula is C12H14FN3. The number of halogens is 1. The van der Waals surface area contributed by atoms with Crippen LogP contribution in [0.4, 0.5) is 4.39 Å². The van der Waals surface area contributed by atoms with Gasteiger partial charge in [0.1, 0.15) is 5.82 Å². The Bertz CT molecular complexity index is 485. The Hall–Kier alpha value is -1.68. The van der Waals surface area contributed by atoms with Crippen molar-refractivity contribution in [2.75, 3.05) is 0 Å². The zero-order valence-corrected chi connectivity index (χ0v) is 9.29. The average molecular weight is 219 g/mol. The van der Waals surface area contributed by atoms with Crippen molar-refractivity contribution in [2.24, 2.45) is 5.73 Å². The van der Waals surface area contributed by atoms with Gasteiger partial charge in [0.2, 0.25) is 0 Å². The fourth-order valence-electron chi connectivity index (χ4n) is 1.74. The Labute approximate surface area is 93.5 Å². The lowest BCUT2D eigenvalue weighted by atomic mass is 10.0. The van der Waals surface area contributed by atoms with Crippen LogP contribution in [0, 0.1) is 12.7 Å². The number of hydrogen-bond acceptors (Lipinski definition) is 2. The maximum Gasteiger partial charge on any atom is 0.123 e. The Morgan fingerprint density at radius 3 is 2.44 bits per heavy atom. The summed E-state index contributed by atoms with van der Waals surface area (Å²) in [5.41, 5.74) is 9.45. The molecule has 0 aliphatic carbocycles. The van der Waals surface area contributed by atoms with Crippen molar-refractivity contribution in [3.05, 3.63) is 41.3 Å². The van der Waals surface area contributed by atoms with Crippen molar-refractivity contribution in [2.45, 2.75) is 19.9 Å². The number of nitrogens with zero attached hydrogens (tertiary/aromatic N) is 1. The van der Waals surface area contributed by atoms with Crippen LogP contribution in [-0.4, -0.2) is 10.2 Å². The van der Waals surface area contributed by atoms with Gasteiger partial charge in [-0.1, -0.05) is 0 Å². The number of rotatable bonds is 2. The zero-order valence-electron chi connectivity index (χ0n) is 9.29. The summed E-state index contributed by atoms with van der Waals surface area (Å²) in [4.78, 5) is 0. The monoisotopic (exact) mass is 219 g/mol. The lowest BCUT2D eigenvalue weighted by Gasteiger charge is -2.03. The molecule has 1 aromatic carbocycles. The van der Waals surface area contributed by atoms with Gasteiger partial charge in [-0.15, -0.1) is 0 Å². The van der Waals surface area contributed by atoms with Crippen molar-refractivity contribution in [3.8, 4) is 11.3 Å². The topological polar surface area (TPSA) is 54.7 Å². The summed E-state index contributed by atoms with van der Waals surface area (Å²) in [6.07, 6.45) is 0. The number of nitrogens with two attached hydrogens (primary N) is 1. The molecule has 4 heteroatoms. The standard InChI is InChI=1S/C12H14FN3/c1-7-11(8(2)14)15-16-12(7)9-3-5-10(13)6-4-9/h3-6,8H,14H2,1-2H3,(H,15,16). The van der Waals surface area contributed by atoms with Crippen LogP contribution in [0.2, 0.25) is 0 Å². The molecule has 0 aliphatic heterocycles. The van der Waals surface area contributed by atoms with Gasteiger partial charge in [-0.05, 0) is 43.7 Å². The van der Waals surface area contributed by atoms with E-state index in [4.69, 9.17) is 5.73 Å². The fourth-order valence-corrected chi connectivity index (χ4v) is 1.74. The van der Waals surface area contributed by atoms with E-state index in [0.717, 1.165) is 22.5 Å². The average Bonchev–Trinajstić information content (AvgIpc) is 2.61. The highest BCUT2D eigenvalue weighted by Gasteiger charge is 2.13. The molecule has 16 heavy (non-hydrogen) atoms. The second-order valence-electron chi connectivity index (χ2n) is 3.91. The van der Waals surface area contributed by atoms with Crippen molar-refractivity contribution in [1.82, 2.24) is 10.2 Å². The van der Waals surface area contributed by atoms with Crippen LogP contribution in [0.15, 0.2) is 24.3 Å². The number of hydrogen-bond donors (Lipinski definition) is 2. The summed E-state index contributed by atoms with van der Waals surface area (Å²) in [6.45, 7) is 3.86. The maximum absolute atomic E-state index is 12.8. The van der Waals surface area contributed by atoms with E-state index in [-0.39, 0.29) is 11.9 Å². The molecule has 0 spiro atoms. The molecule has 2 aromatic rings. The van der Waals surface area contributed by atoms with E-state index < -0.39 is 0 Å². The summed E-state index contributed by atoms with van der Waals surface area (Å²) in [7, 11) is 0. The predicted octanol–water partition coefficient (Wildman–Crippen LogP) is 2.54. The van der Waals surface area contributed by atoms with Gasteiger partial charge in [-0.25, -0.2) is 4.39 Å². The first-order valence-electron chi connectivity index (χ1n) is 5.16.